The molecule has 1 amide bonds. The number of benzene rings is 2. The van der Waals surface area contributed by atoms with Gasteiger partial charge in [-0.15, -0.1) is 5.10 Å². The van der Waals surface area contributed by atoms with Crippen molar-refractivity contribution in [2.75, 3.05) is 18.5 Å². The van der Waals surface area contributed by atoms with E-state index in [1.165, 1.54) is 0 Å². The molecule has 0 saturated carbocycles. The molecule has 140 valence electrons. The van der Waals surface area contributed by atoms with Crippen LogP contribution in [0.5, 0.6) is 11.5 Å². The number of amides is 1. The number of hydrogen-bond acceptors (Lipinski definition) is 5. The second kappa shape index (κ2) is 8.35. The lowest BCUT2D eigenvalue weighted by Gasteiger charge is -2.12. The monoisotopic (exact) mass is 366 g/mol. The highest BCUT2D eigenvalue weighted by Gasteiger charge is 2.15. The summed E-state index contributed by atoms with van der Waals surface area (Å²) in [5.74, 6) is 0.850. The van der Waals surface area contributed by atoms with Gasteiger partial charge in [-0.3, -0.25) is 4.79 Å². The molecule has 1 aromatic heterocycles. The van der Waals surface area contributed by atoms with Gasteiger partial charge in [0, 0.05) is 6.07 Å². The number of rotatable bonds is 7. The first kappa shape index (κ1) is 18.4. The largest absolute Gasteiger partial charge is 0.494 e. The van der Waals surface area contributed by atoms with Gasteiger partial charge < -0.3 is 14.8 Å². The predicted molar refractivity (Wildman–Crippen MR) is 103 cm³/mol. The number of anilines is 1. The molecule has 0 bridgehead atoms. The van der Waals surface area contributed by atoms with Crippen LogP contribution in [0.25, 0.3) is 5.69 Å². The normalized spacial score (nSPS) is 10.5. The highest BCUT2D eigenvalue weighted by molar-refractivity contribution is 6.03. The molecule has 1 N–H and O–H groups in total. The first-order valence-corrected chi connectivity index (χ1v) is 8.81. The van der Waals surface area contributed by atoms with Crippen molar-refractivity contribution in [2.24, 2.45) is 0 Å². The molecule has 3 rings (SSSR count). The number of ether oxygens (including phenoxy) is 2. The van der Waals surface area contributed by atoms with Crippen LogP contribution in [-0.2, 0) is 0 Å². The molecule has 3 aromatic rings. The van der Waals surface area contributed by atoms with E-state index in [4.69, 9.17) is 9.47 Å². The first-order chi connectivity index (χ1) is 13.1. The summed E-state index contributed by atoms with van der Waals surface area (Å²) in [4.78, 5) is 12.6. The van der Waals surface area contributed by atoms with Crippen LogP contribution < -0.4 is 14.8 Å². The SMILES string of the molecule is CCOc1ccc(OCC)c(NC(=O)c2cn(-c3ccc(C)cc3)nn2)c1. The van der Waals surface area contributed by atoms with Gasteiger partial charge in [-0.1, -0.05) is 22.9 Å². The van der Waals surface area contributed by atoms with E-state index in [1.54, 1.807) is 29.1 Å². The molecular formula is C20H22N4O3. The summed E-state index contributed by atoms with van der Waals surface area (Å²) in [6.45, 7) is 6.82. The predicted octanol–water partition coefficient (Wildman–Crippen LogP) is 3.63. The Hall–Kier alpha value is -3.35. The maximum absolute atomic E-state index is 12.6. The van der Waals surface area contributed by atoms with Crippen molar-refractivity contribution in [3.05, 3.63) is 59.9 Å². The Balaban J connectivity index is 1.81. The van der Waals surface area contributed by atoms with Crippen molar-refractivity contribution in [2.45, 2.75) is 20.8 Å². The second-order valence-corrected chi connectivity index (χ2v) is 5.86. The van der Waals surface area contributed by atoms with Gasteiger partial charge in [0.25, 0.3) is 5.91 Å². The standard InChI is InChI=1S/C20H22N4O3/c1-4-26-16-10-11-19(27-5-2)17(12-16)21-20(25)18-13-24(23-22-18)15-8-6-14(3)7-9-15/h6-13H,4-5H2,1-3H3,(H,21,25). The molecule has 0 aliphatic rings. The van der Waals surface area contributed by atoms with Gasteiger partial charge >= 0.3 is 0 Å². The molecule has 0 fully saturated rings. The fourth-order valence-electron chi connectivity index (χ4n) is 2.52. The zero-order valence-corrected chi connectivity index (χ0v) is 15.6. The van der Waals surface area contributed by atoms with Crippen LogP contribution in [0.1, 0.15) is 29.9 Å². The van der Waals surface area contributed by atoms with E-state index in [0.717, 1.165) is 11.3 Å². The third kappa shape index (κ3) is 4.44. The molecule has 7 nitrogen and oxygen atoms in total. The van der Waals surface area contributed by atoms with Gasteiger partial charge in [-0.05, 0) is 45.0 Å². The molecule has 1 heterocycles. The summed E-state index contributed by atoms with van der Waals surface area (Å²) in [6, 6.07) is 13.1. The molecule has 0 spiro atoms. The summed E-state index contributed by atoms with van der Waals surface area (Å²) < 4.78 is 12.6. The summed E-state index contributed by atoms with van der Waals surface area (Å²) in [5, 5.41) is 10.8. The molecule has 7 heteroatoms. The molecule has 0 aliphatic heterocycles. The summed E-state index contributed by atoms with van der Waals surface area (Å²) in [5.41, 5.74) is 2.72. The Morgan fingerprint density at radius 3 is 2.52 bits per heavy atom. The van der Waals surface area contributed by atoms with Gasteiger partial charge in [-0.2, -0.15) is 0 Å². The molecular weight excluding hydrogens is 344 g/mol. The molecule has 0 atom stereocenters. The minimum absolute atomic E-state index is 0.208. The maximum atomic E-state index is 12.6. The summed E-state index contributed by atoms with van der Waals surface area (Å²) >= 11 is 0. The van der Waals surface area contributed by atoms with Crippen molar-refractivity contribution in [3.8, 4) is 17.2 Å². The fourth-order valence-corrected chi connectivity index (χ4v) is 2.52. The maximum Gasteiger partial charge on any atom is 0.277 e. The minimum atomic E-state index is -0.372. The minimum Gasteiger partial charge on any atom is -0.494 e. The van der Waals surface area contributed by atoms with Crippen LogP contribution in [0.15, 0.2) is 48.7 Å². The van der Waals surface area contributed by atoms with Crippen LogP contribution in [-0.4, -0.2) is 34.1 Å². The van der Waals surface area contributed by atoms with Crippen LogP contribution in [0.4, 0.5) is 5.69 Å². The first-order valence-electron chi connectivity index (χ1n) is 8.81. The smallest absolute Gasteiger partial charge is 0.277 e. The third-order valence-electron chi connectivity index (χ3n) is 3.83. The van der Waals surface area contributed by atoms with Gasteiger partial charge in [0.1, 0.15) is 11.5 Å². The lowest BCUT2D eigenvalue weighted by Crippen LogP contribution is -2.13. The zero-order valence-electron chi connectivity index (χ0n) is 15.6. The lowest BCUT2D eigenvalue weighted by atomic mass is 10.2. The summed E-state index contributed by atoms with van der Waals surface area (Å²) in [6.07, 6.45) is 1.59. The highest BCUT2D eigenvalue weighted by atomic mass is 16.5. The summed E-state index contributed by atoms with van der Waals surface area (Å²) in [7, 11) is 0. The Labute approximate surface area is 157 Å². The number of aryl methyl sites for hydroxylation is 1. The van der Waals surface area contributed by atoms with E-state index in [-0.39, 0.29) is 11.6 Å². The number of carbonyl (C=O) groups excluding carboxylic acids is 1. The number of nitrogens with one attached hydrogen (secondary N) is 1. The van der Waals surface area contributed by atoms with Gasteiger partial charge in [0.05, 0.1) is 30.8 Å². The van der Waals surface area contributed by atoms with Crippen molar-refractivity contribution >= 4 is 11.6 Å². The Morgan fingerprint density at radius 1 is 1.07 bits per heavy atom. The van der Waals surface area contributed by atoms with Crippen molar-refractivity contribution in [1.29, 1.82) is 0 Å². The Kier molecular flexibility index (Phi) is 5.71. The number of hydrogen-bond donors (Lipinski definition) is 1. The van der Waals surface area contributed by atoms with E-state index >= 15 is 0 Å². The molecule has 0 radical (unpaired) electrons. The van der Waals surface area contributed by atoms with Crippen LogP contribution >= 0.6 is 0 Å². The average Bonchev–Trinajstić information content (AvgIpc) is 3.15. The molecule has 0 saturated heterocycles. The van der Waals surface area contributed by atoms with Gasteiger partial charge in [-0.25, -0.2) is 4.68 Å². The lowest BCUT2D eigenvalue weighted by molar-refractivity contribution is 0.102. The number of nitrogens with zero attached hydrogens (tertiary/aromatic N) is 3. The number of carbonyl (C=O) groups is 1. The van der Waals surface area contributed by atoms with E-state index in [1.807, 2.05) is 45.0 Å². The second-order valence-electron chi connectivity index (χ2n) is 5.86. The van der Waals surface area contributed by atoms with E-state index in [2.05, 4.69) is 15.6 Å². The van der Waals surface area contributed by atoms with Crippen LogP contribution in [0.2, 0.25) is 0 Å². The molecule has 2 aromatic carbocycles. The average molecular weight is 366 g/mol. The van der Waals surface area contributed by atoms with Gasteiger partial charge in [0.2, 0.25) is 0 Å². The molecule has 27 heavy (non-hydrogen) atoms. The van der Waals surface area contributed by atoms with E-state index in [9.17, 15) is 4.79 Å². The Morgan fingerprint density at radius 2 is 1.81 bits per heavy atom. The Bertz CT molecular complexity index is 919. The molecule has 0 unspecified atom stereocenters. The van der Waals surface area contributed by atoms with Crippen LogP contribution in [0.3, 0.4) is 0 Å². The van der Waals surface area contributed by atoms with Crippen LogP contribution in [0, 0.1) is 6.92 Å². The highest BCUT2D eigenvalue weighted by Crippen LogP contribution is 2.29. The van der Waals surface area contributed by atoms with E-state index in [0.29, 0.717) is 30.4 Å². The topological polar surface area (TPSA) is 78.3 Å². The fraction of sp³-hybridized carbons (Fsp3) is 0.250. The van der Waals surface area contributed by atoms with Gasteiger partial charge in [0.15, 0.2) is 5.69 Å². The van der Waals surface area contributed by atoms with Crippen molar-refractivity contribution in [3.63, 3.8) is 0 Å². The zero-order chi connectivity index (χ0) is 19.2. The number of aromatic nitrogens is 3. The van der Waals surface area contributed by atoms with Crippen molar-refractivity contribution in [1.82, 2.24) is 15.0 Å². The molecule has 0 aliphatic carbocycles. The van der Waals surface area contributed by atoms with E-state index < -0.39 is 0 Å². The quantitative estimate of drug-likeness (QED) is 0.691. The third-order valence-corrected chi connectivity index (χ3v) is 3.83. The van der Waals surface area contributed by atoms with Crippen molar-refractivity contribution < 1.29 is 14.3 Å².